The van der Waals surface area contributed by atoms with Gasteiger partial charge in [-0.1, -0.05) is 6.92 Å². The fourth-order valence-electron chi connectivity index (χ4n) is 0.720. The maximum Gasteiger partial charge on any atom is 0.0494 e. The van der Waals surface area contributed by atoms with Crippen LogP contribution in [0.4, 0.5) is 0 Å². The van der Waals surface area contributed by atoms with Gasteiger partial charge in [0.2, 0.25) is 0 Å². The second-order valence-corrected chi connectivity index (χ2v) is 3.09. The van der Waals surface area contributed by atoms with Crippen molar-refractivity contribution < 1.29 is 4.74 Å². The van der Waals surface area contributed by atoms with E-state index in [0.29, 0.717) is 5.92 Å². The van der Waals surface area contributed by atoms with Gasteiger partial charge in [-0.3, -0.25) is 0 Å². The van der Waals surface area contributed by atoms with E-state index >= 15 is 0 Å². The fourth-order valence-corrected chi connectivity index (χ4v) is 0.720. The summed E-state index contributed by atoms with van der Waals surface area (Å²) in [6, 6.07) is 0. The highest BCUT2D eigenvalue weighted by Gasteiger charge is 2.20. The van der Waals surface area contributed by atoms with Gasteiger partial charge in [0.15, 0.2) is 0 Å². The Bertz CT molecular complexity index is 72.6. The van der Waals surface area contributed by atoms with Crippen molar-refractivity contribution >= 4 is 0 Å². The molecule has 1 aliphatic rings. The molecular weight excluding hydrogens is 112 g/mol. The standard InChI is InChI=1S/C8H15O/c1-7(2)5-9-6-8-3-4-8/h7-8H,1,3-6H2,2H3. The first kappa shape index (κ1) is 7.07. The Morgan fingerprint density at radius 3 is 2.78 bits per heavy atom. The molecule has 0 N–H and O–H groups in total. The summed E-state index contributed by atoms with van der Waals surface area (Å²) in [5.74, 6) is 1.34. The molecule has 1 heteroatoms. The van der Waals surface area contributed by atoms with E-state index in [1.54, 1.807) is 0 Å². The molecule has 1 unspecified atom stereocenters. The third-order valence-electron chi connectivity index (χ3n) is 1.45. The molecule has 9 heavy (non-hydrogen) atoms. The lowest BCUT2D eigenvalue weighted by Crippen LogP contribution is -2.04. The monoisotopic (exact) mass is 127 g/mol. The lowest BCUT2D eigenvalue weighted by molar-refractivity contribution is 0.107. The molecule has 0 spiro atoms. The summed E-state index contributed by atoms with van der Waals surface area (Å²) in [6.45, 7) is 7.71. The molecule has 0 saturated heterocycles. The van der Waals surface area contributed by atoms with Gasteiger partial charge in [-0.2, -0.15) is 0 Å². The van der Waals surface area contributed by atoms with Crippen LogP contribution in [0.5, 0.6) is 0 Å². The maximum atomic E-state index is 5.36. The van der Waals surface area contributed by atoms with E-state index in [2.05, 4.69) is 13.8 Å². The quantitative estimate of drug-likeness (QED) is 0.560. The molecular formula is C8H15O. The van der Waals surface area contributed by atoms with Crippen LogP contribution in [0.3, 0.4) is 0 Å². The van der Waals surface area contributed by atoms with Crippen LogP contribution in [0, 0.1) is 18.8 Å². The normalized spacial score (nSPS) is 19.0. The molecule has 0 amide bonds. The largest absolute Gasteiger partial charge is 0.381 e. The Hall–Kier alpha value is -0.0400. The third kappa shape index (κ3) is 3.52. The van der Waals surface area contributed by atoms with Gasteiger partial charge in [0, 0.05) is 13.2 Å². The molecule has 1 aliphatic carbocycles. The number of ether oxygens (including phenoxy) is 1. The average Bonchev–Trinajstić information content (AvgIpc) is 2.48. The maximum absolute atomic E-state index is 5.36. The zero-order valence-corrected chi connectivity index (χ0v) is 6.10. The van der Waals surface area contributed by atoms with Crippen LogP contribution in [0.2, 0.25) is 0 Å². The van der Waals surface area contributed by atoms with Gasteiger partial charge in [0.05, 0.1) is 0 Å². The van der Waals surface area contributed by atoms with Crippen LogP contribution in [-0.2, 0) is 4.74 Å². The molecule has 1 saturated carbocycles. The van der Waals surface area contributed by atoms with Crippen molar-refractivity contribution in [2.75, 3.05) is 13.2 Å². The SMILES string of the molecule is [CH2]C(C)COCC1CC1. The molecule has 1 rings (SSSR count). The highest BCUT2D eigenvalue weighted by molar-refractivity contribution is 4.72. The average molecular weight is 127 g/mol. The minimum absolute atomic E-state index is 0.448. The molecule has 0 aromatic heterocycles. The summed E-state index contributed by atoms with van der Waals surface area (Å²) in [6.07, 6.45) is 2.76. The zero-order chi connectivity index (χ0) is 6.69. The lowest BCUT2D eigenvalue weighted by Gasteiger charge is -2.04. The minimum atomic E-state index is 0.448. The Morgan fingerprint density at radius 2 is 2.33 bits per heavy atom. The van der Waals surface area contributed by atoms with E-state index in [1.807, 2.05) is 0 Å². The smallest absolute Gasteiger partial charge is 0.0494 e. The van der Waals surface area contributed by atoms with Crippen molar-refractivity contribution in [2.24, 2.45) is 11.8 Å². The van der Waals surface area contributed by atoms with E-state index < -0.39 is 0 Å². The Labute approximate surface area is 57.4 Å². The molecule has 53 valence electrons. The Balaban J connectivity index is 1.81. The van der Waals surface area contributed by atoms with Gasteiger partial charge in [0.25, 0.3) is 0 Å². The van der Waals surface area contributed by atoms with Crippen molar-refractivity contribution in [2.45, 2.75) is 19.8 Å². The van der Waals surface area contributed by atoms with E-state index in [4.69, 9.17) is 4.74 Å². The topological polar surface area (TPSA) is 9.23 Å². The molecule has 0 aromatic carbocycles. The minimum Gasteiger partial charge on any atom is -0.381 e. The second kappa shape index (κ2) is 3.21. The number of hydrogen-bond acceptors (Lipinski definition) is 1. The van der Waals surface area contributed by atoms with Gasteiger partial charge >= 0.3 is 0 Å². The molecule has 0 aromatic rings. The van der Waals surface area contributed by atoms with Crippen molar-refractivity contribution in [1.82, 2.24) is 0 Å². The third-order valence-corrected chi connectivity index (χ3v) is 1.45. The molecule has 1 atom stereocenters. The molecule has 0 heterocycles. The highest BCUT2D eigenvalue weighted by atomic mass is 16.5. The van der Waals surface area contributed by atoms with Crippen LogP contribution in [0.25, 0.3) is 0 Å². The van der Waals surface area contributed by atoms with Gasteiger partial charge in [-0.15, -0.1) is 0 Å². The first-order valence-corrected chi connectivity index (χ1v) is 3.70. The summed E-state index contributed by atoms with van der Waals surface area (Å²) in [4.78, 5) is 0. The predicted molar refractivity (Wildman–Crippen MR) is 38.1 cm³/mol. The van der Waals surface area contributed by atoms with Gasteiger partial charge in [0.1, 0.15) is 0 Å². The summed E-state index contributed by atoms with van der Waals surface area (Å²) in [7, 11) is 0. The van der Waals surface area contributed by atoms with E-state index in [9.17, 15) is 0 Å². The van der Waals surface area contributed by atoms with Gasteiger partial charge < -0.3 is 4.74 Å². The summed E-state index contributed by atoms with van der Waals surface area (Å²) in [5.41, 5.74) is 0. The van der Waals surface area contributed by atoms with Crippen LogP contribution < -0.4 is 0 Å². The van der Waals surface area contributed by atoms with Crippen LogP contribution in [-0.4, -0.2) is 13.2 Å². The fraction of sp³-hybridized carbons (Fsp3) is 0.875. The summed E-state index contributed by atoms with van der Waals surface area (Å²) < 4.78 is 5.36. The Kier molecular flexibility index (Phi) is 2.52. The summed E-state index contributed by atoms with van der Waals surface area (Å²) >= 11 is 0. The molecule has 0 aliphatic heterocycles. The van der Waals surface area contributed by atoms with E-state index in [0.717, 1.165) is 19.1 Å². The number of rotatable bonds is 4. The second-order valence-electron chi connectivity index (χ2n) is 3.09. The van der Waals surface area contributed by atoms with Gasteiger partial charge in [-0.05, 0) is 31.6 Å². The van der Waals surface area contributed by atoms with Crippen molar-refractivity contribution in [3.63, 3.8) is 0 Å². The van der Waals surface area contributed by atoms with E-state index in [1.165, 1.54) is 12.8 Å². The van der Waals surface area contributed by atoms with Crippen LogP contribution in [0.1, 0.15) is 19.8 Å². The predicted octanol–water partition coefficient (Wildman–Crippen LogP) is 1.88. The molecule has 1 fully saturated rings. The van der Waals surface area contributed by atoms with Crippen molar-refractivity contribution in [3.8, 4) is 0 Å². The first-order chi connectivity index (χ1) is 4.29. The summed E-state index contributed by atoms with van der Waals surface area (Å²) in [5, 5.41) is 0. The van der Waals surface area contributed by atoms with E-state index in [-0.39, 0.29) is 0 Å². The van der Waals surface area contributed by atoms with Crippen LogP contribution in [0.15, 0.2) is 0 Å². The lowest BCUT2D eigenvalue weighted by atomic mass is 10.2. The van der Waals surface area contributed by atoms with Crippen molar-refractivity contribution in [1.29, 1.82) is 0 Å². The highest BCUT2D eigenvalue weighted by Crippen LogP contribution is 2.28. The Morgan fingerprint density at radius 1 is 1.67 bits per heavy atom. The zero-order valence-electron chi connectivity index (χ0n) is 6.10. The first-order valence-electron chi connectivity index (χ1n) is 3.70. The molecule has 0 bridgehead atoms. The number of hydrogen-bond donors (Lipinski definition) is 0. The molecule has 1 nitrogen and oxygen atoms in total. The molecule has 1 radical (unpaired) electrons. The van der Waals surface area contributed by atoms with Crippen molar-refractivity contribution in [3.05, 3.63) is 6.92 Å². The van der Waals surface area contributed by atoms with Crippen LogP contribution >= 0.6 is 0 Å². The van der Waals surface area contributed by atoms with Gasteiger partial charge in [-0.25, -0.2) is 0 Å².